The van der Waals surface area contributed by atoms with Gasteiger partial charge in [0.25, 0.3) is 0 Å². The van der Waals surface area contributed by atoms with E-state index in [-0.39, 0.29) is 0 Å². The number of benzene rings is 1. The molecule has 1 aromatic carbocycles. The van der Waals surface area contributed by atoms with Crippen LogP contribution in [0.15, 0.2) is 24.3 Å². The van der Waals surface area contributed by atoms with Crippen LogP contribution in [-0.2, 0) is 6.42 Å². The Balaban J connectivity index is 2.10. The minimum Gasteiger partial charge on any atom is -0.306 e. The Morgan fingerprint density at radius 3 is 3.06 bits per heavy atom. The van der Waals surface area contributed by atoms with Crippen LogP contribution in [-0.4, -0.2) is 6.04 Å². The molecular weight excluding hydrogens is 206 g/mol. The summed E-state index contributed by atoms with van der Waals surface area (Å²) < 4.78 is 0. The lowest BCUT2D eigenvalue weighted by atomic mass is 9.87. The van der Waals surface area contributed by atoms with E-state index in [1.807, 2.05) is 0 Å². The van der Waals surface area contributed by atoms with Gasteiger partial charge in [0.15, 0.2) is 0 Å². The summed E-state index contributed by atoms with van der Waals surface area (Å²) in [5.41, 5.74) is 2.99. The maximum atomic E-state index is 5.41. The molecule has 0 aromatic heterocycles. The third-order valence-electron chi connectivity index (χ3n) is 3.66. The first-order valence-electron chi connectivity index (χ1n) is 6.62. The Hall–Kier alpha value is -1.26. The van der Waals surface area contributed by atoms with Crippen molar-refractivity contribution in [3.05, 3.63) is 35.4 Å². The van der Waals surface area contributed by atoms with Gasteiger partial charge in [-0.1, -0.05) is 31.2 Å². The molecule has 0 amide bonds. The van der Waals surface area contributed by atoms with Crippen molar-refractivity contribution in [3.8, 4) is 12.3 Å². The van der Waals surface area contributed by atoms with E-state index in [9.17, 15) is 0 Å². The van der Waals surface area contributed by atoms with Crippen LogP contribution in [0.4, 0.5) is 0 Å². The number of terminal acetylenes is 1. The summed E-state index contributed by atoms with van der Waals surface area (Å²) in [7, 11) is 0. The predicted molar refractivity (Wildman–Crippen MR) is 72.8 cm³/mol. The lowest BCUT2D eigenvalue weighted by molar-refractivity contribution is 0.390. The molecule has 0 fully saturated rings. The molecule has 0 heterocycles. The van der Waals surface area contributed by atoms with Crippen molar-refractivity contribution in [2.45, 2.75) is 51.1 Å². The zero-order valence-corrected chi connectivity index (χ0v) is 10.6. The van der Waals surface area contributed by atoms with E-state index >= 15 is 0 Å². The number of fused-ring (bicyclic) bond motifs is 1. The van der Waals surface area contributed by atoms with E-state index in [0.717, 1.165) is 12.8 Å². The summed E-state index contributed by atoms with van der Waals surface area (Å²) in [4.78, 5) is 0. The molecule has 90 valence electrons. The van der Waals surface area contributed by atoms with Crippen LogP contribution in [0.25, 0.3) is 0 Å². The van der Waals surface area contributed by atoms with Gasteiger partial charge in [-0.3, -0.25) is 0 Å². The molecule has 1 aromatic rings. The molecule has 1 heteroatoms. The van der Waals surface area contributed by atoms with Gasteiger partial charge < -0.3 is 5.32 Å². The molecule has 1 N–H and O–H groups in total. The Morgan fingerprint density at radius 2 is 2.29 bits per heavy atom. The van der Waals surface area contributed by atoms with Crippen LogP contribution >= 0.6 is 0 Å². The second-order valence-electron chi connectivity index (χ2n) is 4.82. The normalized spacial score (nSPS) is 20.4. The highest BCUT2D eigenvalue weighted by atomic mass is 14.9. The fourth-order valence-electron chi connectivity index (χ4n) is 2.67. The number of aryl methyl sites for hydroxylation is 1. The third-order valence-corrected chi connectivity index (χ3v) is 3.66. The summed E-state index contributed by atoms with van der Waals surface area (Å²) in [6.45, 7) is 2.20. The van der Waals surface area contributed by atoms with Gasteiger partial charge in [0.2, 0.25) is 0 Å². The van der Waals surface area contributed by atoms with Crippen LogP contribution < -0.4 is 5.32 Å². The Morgan fingerprint density at radius 1 is 1.47 bits per heavy atom. The summed E-state index contributed by atoms with van der Waals surface area (Å²) in [6, 6.07) is 9.75. The van der Waals surface area contributed by atoms with Gasteiger partial charge in [0, 0.05) is 18.5 Å². The quantitative estimate of drug-likeness (QED) is 0.777. The molecule has 17 heavy (non-hydrogen) atoms. The topological polar surface area (TPSA) is 12.0 Å². The van der Waals surface area contributed by atoms with Crippen LogP contribution in [0.2, 0.25) is 0 Å². The van der Waals surface area contributed by atoms with Crippen molar-refractivity contribution < 1.29 is 0 Å². The maximum Gasteiger partial charge on any atom is 0.0325 e. The average molecular weight is 227 g/mol. The molecule has 1 aliphatic carbocycles. The maximum absolute atomic E-state index is 5.41. The smallest absolute Gasteiger partial charge is 0.0325 e. The largest absolute Gasteiger partial charge is 0.306 e. The first-order chi connectivity index (χ1) is 8.35. The van der Waals surface area contributed by atoms with Crippen LogP contribution in [0.3, 0.4) is 0 Å². The standard InChI is InChI=1S/C16H21N/c1-3-8-14(4-2)17-16-12-7-10-13-9-5-6-11-15(13)16/h1,5-6,9,11,14,16-17H,4,7-8,10,12H2,2H3. The second kappa shape index (κ2) is 5.89. The SMILES string of the molecule is C#CCC(CC)NC1CCCc2ccccc21. The predicted octanol–water partition coefficient (Wildman–Crippen LogP) is 3.46. The van der Waals surface area contributed by atoms with E-state index < -0.39 is 0 Å². The number of rotatable bonds is 4. The summed E-state index contributed by atoms with van der Waals surface area (Å²) in [6.07, 6.45) is 11.1. The Kier molecular flexibility index (Phi) is 4.23. The van der Waals surface area contributed by atoms with Crippen molar-refractivity contribution in [2.24, 2.45) is 0 Å². The monoisotopic (exact) mass is 227 g/mol. The van der Waals surface area contributed by atoms with E-state index in [2.05, 4.69) is 42.4 Å². The highest BCUT2D eigenvalue weighted by Crippen LogP contribution is 2.30. The molecule has 0 saturated carbocycles. The van der Waals surface area contributed by atoms with Gasteiger partial charge in [-0.15, -0.1) is 12.3 Å². The van der Waals surface area contributed by atoms with Crippen molar-refractivity contribution in [1.29, 1.82) is 0 Å². The van der Waals surface area contributed by atoms with Gasteiger partial charge in [0.05, 0.1) is 0 Å². The zero-order chi connectivity index (χ0) is 12.1. The van der Waals surface area contributed by atoms with Crippen molar-refractivity contribution in [1.82, 2.24) is 5.32 Å². The molecule has 2 unspecified atom stereocenters. The Labute approximate surface area is 105 Å². The fourth-order valence-corrected chi connectivity index (χ4v) is 2.67. The van der Waals surface area contributed by atoms with Crippen LogP contribution in [0.5, 0.6) is 0 Å². The van der Waals surface area contributed by atoms with Crippen molar-refractivity contribution in [3.63, 3.8) is 0 Å². The summed E-state index contributed by atoms with van der Waals surface area (Å²) in [5, 5.41) is 3.72. The molecule has 0 spiro atoms. The molecule has 0 saturated heterocycles. The Bertz CT molecular complexity index is 402. The molecule has 1 aliphatic rings. The van der Waals surface area contributed by atoms with Crippen LogP contribution in [0.1, 0.15) is 49.8 Å². The molecule has 1 nitrogen and oxygen atoms in total. The molecule has 2 rings (SSSR count). The van der Waals surface area contributed by atoms with Crippen LogP contribution in [0, 0.1) is 12.3 Å². The number of hydrogen-bond acceptors (Lipinski definition) is 1. The second-order valence-corrected chi connectivity index (χ2v) is 4.82. The average Bonchev–Trinajstić information content (AvgIpc) is 2.38. The van der Waals surface area contributed by atoms with Crippen molar-refractivity contribution >= 4 is 0 Å². The first-order valence-corrected chi connectivity index (χ1v) is 6.62. The van der Waals surface area contributed by atoms with Gasteiger partial charge in [0.1, 0.15) is 0 Å². The molecule has 0 aliphatic heterocycles. The van der Waals surface area contributed by atoms with E-state index in [1.54, 1.807) is 0 Å². The third kappa shape index (κ3) is 2.90. The van der Waals surface area contributed by atoms with E-state index in [1.165, 1.54) is 30.4 Å². The van der Waals surface area contributed by atoms with Crippen molar-refractivity contribution in [2.75, 3.05) is 0 Å². The molecule has 0 bridgehead atoms. The minimum atomic E-state index is 0.455. The highest BCUT2D eigenvalue weighted by Gasteiger charge is 2.21. The minimum absolute atomic E-state index is 0.455. The van der Waals surface area contributed by atoms with Gasteiger partial charge in [-0.2, -0.15) is 0 Å². The highest BCUT2D eigenvalue weighted by molar-refractivity contribution is 5.32. The number of hydrogen-bond donors (Lipinski definition) is 1. The molecule has 0 radical (unpaired) electrons. The summed E-state index contributed by atoms with van der Waals surface area (Å²) in [5.74, 6) is 2.77. The molecule has 2 atom stereocenters. The first kappa shape index (κ1) is 12.2. The van der Waals surface area contributed by atoms with E-state index in [0.29, 0.717) is 12.1 Å². The zero-order valence-electron chi connectivity index (χ0n) is 10.6. The van der Waals surface area contributed by atoms with Gasteiger partial charge >= 0.3 is 0 Å². The van der Waals surface area contributed by atoms with Gasteiger partial charge in [-0.05, 0) is 36.8 Å². The lowest BCUT2D eigenvalue weighted by Crippen LogP contribution is -2.34. The van der Waals surface area contributed by atoms with Gasteiger partial charge in [-0.25, -0.2) is 0 Å². The lowest BCUT2D eigenvalue weighted by Gasteiger charge is -2.29. The van der Waals surface area contributed by atoms with E-state index in [4.69, 9.17) is 6.42 Å². The summed E-state index contributed by atoms with van der Waals surface area (Å²) >= 11 is 0. The fraction of sp³-hybridized carbons (Fsp3) is 0.500. The molecular formula is C16H21N. The number of nitrogens with one attached hydrogen (secondary N) is 1.